The summed E-state index contributed by atoms with van der Waals surface area (Å²) in [6, 6.07) is 5.81. The van der Waals surface area contributed by atoms with Crippen LogP contribution in [0.4, 0.5) is 0 Å². The number of nitrogens with zero attached hydrogens (tertiary/aromatic N) is 1. The topological polar surface area (TPSA) is 32.7 Å². The molecule has 0 atom stereocenters. The Kier molecular flexibility index (Phi) is 6.06. The lowest BCUT2D eigenvalue weighted by molar-refractivity contribution is 0.215. The third kappa shape index (κ3) is 4.78. The zero-order chi connectivity index (χ0) is 12.7. The van der Waals surface area contributed by atoms with Crippen molar-refractivity contribution < 1.29 is 9.84 Å². The third-order valence-corrected chi connectivity index (χ3v) is 2.75. The Morgan fingerprint density at radius 2 is 2.29 bits per heavy atom. The SMILES string of the molecule is C#CCOc1ccc(Br)cc1CN(C)CCO. The molecule has 4 heteroatoms. The molecule has 0 fully saturated rings. The molecular formula is C13H16BrNO2. The van der Waals surface area contributed by atoms with Crippen LogP contribution in [0.1, 0.15) is 5.56 Å². The zero-order valence-corrected chi connectivity index (χ0v) is 11.4. The van der Waals surface area contributed by atoms with E-state index in [0.717, 1.165) is 15.8 Å². The maximum Gasteiger partial charge on any atom is 0.148 e. The van der Waals surface area contributed by atoms with Crippen LogP contribution in [0.2, 0.25) is 0 Å². The van der Waals surface area contributed by atoms with Gasteiger partial charge in [-0.1, -0.05) is 21.9 Å². The van der Waals surface area contributed by atoms with Crippen molar-refractivity contribution in [3.05, 3.63) is 28.2 Å². The van der Waals surface area contributed by atoms with Gasteiger partial charge >= 0.3 is 0 Å². The summed E-state index contributed by atoms with van der Waals surface area (Å²) in [5.41, 5.74) is 1.05. The van der Waals surface area contributed by atoms with Crippen LogP contribution in [0.5, 0.6) is 5.75 Å². The Hall–Kier alpha value is -1.02. The van der Waals surface area contributed by atoms with E-state index < -0.39 is 0 Å². The Morgan fingerprint density at radius 3 is 2.94 bits per heavy atom. The number of likely N-dealkylation sites (N-methyl/N-ethyl adjacent to an activating group) is 1. The van der Waals surface area contributed by atoms with E-state index in [4.69, 9.17) is 16.3 Å². The first-order chi connectivity index (χ1) is 8.17. The summed E-state index contributed by atoms with van der Waals surface area (Å²) >= 11 is 3.43. The third-order valence-electron chi connectivity index (χ3n) is 2.26. The molecule has 0 amide bonds. The first kappa shape index (κ1) is 14.0. The van der Waals surface area contributed by atoms with Crippen molar-refractivity contribution in [2.24, 2.45) is 0 Å². The molecule has 0 heterocycles. The van der Waals surface area contributed by atoms with Gasteiger partial charge in [-0.05, 0) is 25.2 Å². The van der Waals surface area contributed by atoms with Gasteiger partial charge in [0.1, 0.15) is 12.4 Å². The number of aliphatic hydroxyl groups excluding tert-OH is 1. The largest absolute Gasteiger partial charge is 0.481 e. The van der Waals surface area contributed by atoms with Crippen LogP contribution in [0.25, 0.3) is 0 Å². The summed E-state index contributed by atoms with van der Waals surface area (Å²) < 4.78 is 6.47. The quantitative estimate of drug-likeness (QED) is 0.814. The van der Waals surface area contributed by atoms with Crippen molar-refractivity contribution in [2.75, 3.05) is 26.8 Å². The van der Waals surface area contributed by atoms with Gasteiger partial charge in [-0.15, -0.1) is 6.42 Å². The van der Waals surface area contributed by atoms with Crippen molar-refractivity contribution in [2.45, 2.75) is 6.54 Å². The molecular weight excluding hydrogens is 282 g/mol. The van der Waals surface area contributed by atoms with E-state index in [1.807, 2.05) is 30.1 Å². The van der Waals surface area contributed by atoms with E-state index in [1.54, 1.807) is 0 Å². The highest BCUT2D eigenvalue weighted by atomic mass is 79.9. The molecule has 0 unspecified atom stereocenters. The molecule has 0 aliphatic carbocycles. The van der Waals surface area contributed by atoms with Gasteiger partial charge < -0.3 is 9.84 Å². The average molecular weight is 298 g/mol. The molecule has 17 heavy (non-hydrogen) atoms. The molecule has 0 aliphatic heterocycles. The molecule has 0 spiro atoms. The standard InChI is InChI=1S/C13H16BrNO2/c1-3-8-17-13-5-4-12(14)9-11(13)10-15(2)6-7-16/h1,4-5,9,16H,6-8,10H2,2H3. The van der Waals surface area contributed by atoms with Crippen LogP contribution in [0, 0.1) is 12.3 Å². The van der Waals surface area contributed by atoms with Crippen molar-refractivity contribution in [1.29, 1.82) is 0 Å². The number of aliphatic hydroxyl groups is 1. The summed E-state index contributed by atoms with van der Waals surface area (Å²) in [5, 5.41) is 8.87. The lowest BCUT2D eigenvalue weighted by atomic mass is 10.2. The van der Waals surface area contributed by atoms with Crippen molar-refractivity contribution >= 4 is 15.9 Å². The fraction of sp³-hybridized carbons (Fsp3) is 0.385. The average Bonchev–Trinajstić information content (AvgIpc) is 2.28. The van der Waals surface area contributed by atoms with E-state index in [2.05, 4.69) is 21.9 Å². The number of hydrogen-bond donors (Lipinski definition) is 1. The first-order valence-electron chi connectivity index (χ1n) is 5.31. The first-order valence-corrected chi connectivity index (χ1v) is 6.10. The molecule has 0 aromatic heterocycles. The predicted molar refractivity (Wildman–Crippen MR) is 71.9 cm³/mol. The van der Waals surface area contributed by atoms with Crippen LogP contribution in [-0.4, -0.2) is 36.8 Å². The van der Waals surface area contributed by atoms with E-state index in [0.29, 0.717) is 13.1 Å². The Balaban J connectivity index is 2.79. The maximum absolute atomic E-state index is 8.87. The normalized spacial score (nSPS) is 10.3. The number of halogens is 1. The molecule has 92 valence electrons. The summed E-state index contributed by atoms with van der Waals surface area (Å²) in [4.78, 5) is 2.02. The van der Waals surface area contributed by atoms with Gasteiger partial charge in [-0.2, -0.15) is 0 Å². The molecule has 0 saturated carbocycles. The Morgan fingerprint density at radius 1 is 1.53 bits per heavy atom. The summed E-state index contributed by atoms with van der Waals surface area (Å²) in [6.07, 6.45) is 5.18. The van der Waals surface area contributed by atoms with Gasteiger partial charge in [0.2, 0.25) is 0 Å². The zero-order valence-electron chi connectivity index (χ0n) is 9.82. The van der Waals surface area contributed by atoms with Crippen LogP contribution in [-0.2, 0) is 6.54 Å². The second kappa shape index (κ2) is 7.33. The van der Waals surface area contributed by atoms with Crippen molar-refractivity contribution in [3.8, 4) is 18.1 Å². The van der Waals surface area contributed by atoms with Gasteiger partial charge in [0.15, 0.2) is 0 Å². The predicted octanol–water partition coefficient (Wildman–Crippen LogP) is 1.89. The minimum absolute atomic E-state index is 0.144. The lowest BCUT2D eigenvalue weighted by Gasteiger charge is -2.17. The molecule has 3 nitrogen and oxygen atoms in total. The molecule has 0 saturated heterocycles. The molecule has 0 bridgehead atoms. The van der Waals surface area contributed by atoms with Gasteiger partial charge in [-0.3, -0.25) is 4.90 Å². The van der Waals surface area contributed by atoms with E-state index >= 15 is 0 Å². The summed E-state index contributed by atoms with van der Waals surface area (Å²) in [5.74, 6) is 3.24. The Labute approximate surface area is 111 Å². The fourth-order valence-electron chi connectivity index (χ4n) is 1.47. The van der Waals surface area contributed by atoms with E-state index in [1.165, 1.54) is 0 Å². The van der Waals surface area contributed by atoms with Gasteiger partial charge in [0.25, 0.3) is 0 Å². The summed E-state index contributed by atoms with van der Waals surface area (Å²) in [6.45, 7) is 1.74. The fourth-order valence-corrected chi connectivity index (χ4v) is 1.88. The molecule has 1 rings (SSSR count). The second-order valence-electron chi connectivity index (χ2n) is 3.71. The van der Waals surface area contributed by atoms with Crippen molar-refractivity contribution in [1.82, 2.24) is 4.90 Å². The highest BCUT2D eigenvalue weighted by Gasteiger charge is 2.07. The van der Waals surface area contributed by atoms with Gasteiger partial charge in [-0.25, -0.2) is 0 Å². The smallest absolute Gasteiger partial charge is 0.148 e. The van der Waals surface area contributed by atoms with E-state index in [9.17, 15) is 0 Å². The molecule has 1 N–H and O–H groups in total. The molecule has 0 radical (unpaired) electrons. The number of hydrogen-bond acceptors (Lipinski definition) is 3. The molecule has 1 aromatic carbocycles. The van der Waals surface area contributed by atoms with Gasteiger partial charge in [0, 0.05) is 23.1 Å². The number of benzene rings is 1. The number of rotatable bonds is 6. The van der Waals surface area contributed by atoms with Crippen LogP contribution in [0.15, 0.2) is 22.7 Å². The second-order valence-corrected chi connectivity index (χ2v) is 4.62. The summed E-state index contributed by atoms with van der Waals surface area (Å²) in [7, 11) is 1.95. The van der Waals surface area contributed by atoms with Gasteiger partial charge in [0.05, 0.1) is 6.61 Å². The monoisotopic (exact) mass is 297 g/mol. The van der Waals surface area contributed by atoms with E-state index in [-0.39, 0.29) is 13.2 Å². The van der Waals surface area contributed by atoms with Crippen LogP contribution >= 0.6 is 15.9 Å². The molecule has 1 aromatic rings. The minimum atomic E-state index is 0.144. The number of terminal acetylenes is 1. The van der Waals surface area contributed by atoms with Crippen LogP contribution in [0.3, 0.4) is 0 Å². The van der Waals surface area contributed by atoms with Crippen LogP contribution < -0.4 is 4.74 Å². The minimum Gasteiger partial charge on any atom is -0.481 e. The maximum atomic E-state index is 8.87. The highest BCUT2D eigenvalue weighted by molar-refractivity contribution is 9.10. The Bertz CT molecular complexity index is 401. The molecule has 0 aliphatic rings. The number of ether oxygens (including phenoxy) is 1. The van der Waals surface area contributed by atoms with Crippen molar-refractivity contribution in [3.63, 3.8) is 0 Å². The highest BCUT2D eigenvalue weighted by Crippen LogP contribution is 2.24. The lowest BCUT2D eigenvalue weighted by Crippen LogP contribution is -2.21.